The number of carbonyl (C=O) groups excluding carboxylic acids is 2. The Labute approximate surface area is 201 Å². The minimum atomic E-state index is -0.512. The average Bonchev–Trinajstić information content (AvgIpc) is 3.21. The maximum atomic E-state index is 13.8. The quantitative estimate of drug-likeness (QED) is 0.401. The maximum Gasteiger partial charge on any atom is 0.255 e. The third-order valence-electron chi connectivity index (χ3n) is 5.85. The molecular formula is C24H22Cl3N3O2. The smallest absolute Gasteiger partial charge is 0.255 e. The molecule has 1 aliphatic rings. The lowest BCUT2D eigenvalue weighted by molar-refractivity contribution is 0.0683. The van der Waals surface area contributed by atoms with Crippen LogP contribution in [-0.2, 0) is 6.42 Å². The topological polar surface area (TPSA) is 55.2 Å². The van der Waals surface area contributed by atoms with Crippen molar-refractivity contribution >= 4 is 47.0 Å². The van der Waals surface area contributed by atoms with Crippen LogP contribution in [0.15, 0.2) is 36.7 Å². The lowest BCUT2D eigenvalue weighted by Crippen LogP contribution is -2.42. The summed E-state index contributed by atoms with van der Waals surface area (Å²) >= 11 is 19.3. The molecule has 0 saturated heterocycles. The highest BCUT2D eigenvalue weighted by Gasteiger charge is 2.38. The lowest BCUT2D eigenvalue weighted by atomic mass is 9.93. The molecule has 3 aromatic rings. The van der Waals surface area contributed by atoms with Gasteiger partial charge in [0.25, 0.3) is 5.91 Å². The second-order valence-electron chi connectivity index (χ2n) is 8.18. The van der Waals surface area contributed by atoms with E-state index < -0.39 is 6.04 Å². The highest BCUT2D eigenvalue weighted by molar-refractivity contribution is 6.42. The first-order chi connectivity index (χ1) is 15.2. The van der Waals surface area contributed by atoms with Crippen molar-refractivity contribution in [2.45, 2.75) is 39.3 Å². The predicted molar refractivity (Wildman–Crippen MR) is 127 cm³/mol. The van der Waals surface area contributed by atoms with Gasteiger partial charge in [-0.15, -0.1) is 0 Å². The summed E-state index contributed by atoms with van der Waals surface area (Å²) in [5.74, 6) is -0.294. The highest BCUT2D eigenvalue weighted by atomic mass is 35.5. The van der Waals surface area contributed by atoms with Gasteiger partial charge in [0.2, 0.25) is 0 Å². The van der Waals surface area contributed by atoms with Crippen LogP contribution in [0.3, 0.4) is 0 Å². The van der Waals surface area contributed by atoms with Crippen molar-refractivity contribution in [3.8, 4) is 0 Å². The number of imidazole rings is 1. The van der Waals surface area contributed by atoms with Crippen molar-refractivity contribution in [1.29, 1.82) is 0 Å². The van der Waals surface area contributed by atoms with E-state index in [1.165, 1.54) is 0 Å². The minimum Gasteiger partial charge on any atom is -0.330 e. The Morgan fingerprint density at radius 1 is 1.19 bits per heavy atom. The molecule has 1 aromatic heterocycles. The second-order valence-corrected chi connectivity index (χ2v) is 9.37. The Bertz CT molecular complexity index is 1220. The SMILES string of the molecule is Cc1cc(C=O)c(C(=O)N2CCc3ncn(C(C)C)c3C2c2cccc(Cl)c2Cl)cc1Cl. The molecule has 2 aromatic carbocycles. The zero-order chi connectivity index (χ0) is 23.2. The number of aromatic nitrogens is 2. The molecule has 1 unspecified atom stereocenters. The lowest BCUT2D eigenvalue weighted by Gasteiger charge is -2.38. The van der Waals surface area contributed by atoms with Crippen molar-refractivity contribution in [3.05, 3.63) is 85.4 Å². The van der Waals surface area contributed by atoms with Gasteiger partial charge in [0.1, 0.15) is 6.04 Å². The fraction of sp³-hybridized carbons (Fsp3) is 0.292. The van der Waals surface area contributed by atoms with Gasteiger partial charge in [-0.2, -0.15) is 0 Å². The minimum absolute atomic E-state index is 0.126. The summed E-state index contributed by atoms with van der Waals surface area (Å²) in [6.45, 7) is 6.33. The van der Waals surface area contributed by atoms with Crippen molar-refractivity contribution in [1.82, 2.24) is 14.5 Å². The summed E-state index contributed by atoms with van der Waals surface area (Å²) < 4.78 is 2.05. The number of rotatable bonds is 4. The molecular weight excluding hydrogens is 469 g/mol. The summed E-state index contributed by atoms with van der Waals surface area (Å²) in [6.07, 6.45) is 3.07. The Morgan fingerprint density at radius 2 is 1.94 bits per heavy atom. The van der Waals surface area contributed by atoms with Crippen molar-refractivity contribution in [3.63, 3.8) is 0 Å². The van der Waals surface area contributed by atoms with E-state index in [1.54, 1.807) is 36.4 Å². The summed E-state index contributed by atoms with van der Waals surface area (Å²) in [4.78, 5) is 31.9. The predicted octanol–water partition coefficient (Wildman–Crippen LogP) is 6.33. The number of nitrogens with zero attached hydrogens (tertiary/aromatic N) is 3. The molecule has 1 aliphatic heterocycles. The van der Waals surface area contributed by atoms with Crippen LogP contribution in [0.1, 0.15) is 69.2 Å². The molecule has 0 saturated carbocycles. The van der Waals surface area contributed by atoms with E-state index >= 15 is 0 Å². The van der Waals surface area contributed by atoms with E-state index in [9.17, 15) is 9.59 Å². The monoisotopic (exact) mass is 489 g/mol. The van der Waals surface area contributed by atoms with Crippen LogP contribution in [-0.4, -0.2) is 33.2 Å². The molecule has 32 heavy (non-hydrogen) atoms. The first-order valence-electron chi connectivity index (χ1n) is 10.3. The van der Waals surface area contributed by atoms with E-state index in [1.807, 2.05) is 12.1 Å². The zero-order valence-corrected chi connectivity index (χ0v) is 20.2. The van der Waals surface area contributed by atoms with E-state index in [0.29, 0.717) is 45.4 Å². The molecule has 166 valence electrons. The van der Waals surface area contributed by atoms with Crippen LogP contribution < -0.4 is 0 Å². The Hall–Kier alpha value is -2.34. The number of hydrogen-bond donors (Lipinski definition) is 0. The standard InChI is InChI=1S/C24H22Cl3N3O2/c1-13(2)30-12-28-20-7-8-29(22(23(20)30)16-5-4-6-18(25)21(16)27)24(32)17-10-19(26)14(3)9-15(17)11-31/h4-6,9-13,22H,7-8H2,1-3H3. The number of halogens is 3. The van der Waals surface area contributed by atoms with E-state index in [2.05, 4.69) is 23.4 Å². The molecule has 1 amide bonds. The summed E-state index contributed by atoms with van der Waals surface area (Å²) in [5.41, 5.74) is 3.82. The number of amides is 1. The van der Waals surface area contributed by atoms with Gasteiger partial charge in [-0.1, -0.05) is 46.9 Å². The Kier molecular flexibility index (Phi) is 6.35. The van der Waals surface area contributed by atoms with Gasteiger partial charge in [-0.05, 0) is 44.5 Å². The first-order valence-corrected chi connectivity index (χ1v) is 11.4. The third kappa shape index (κ3) is 3.83. The van der Waals surface area contributed by atoms with Crippen LogP contribution in [0, 0.1) is 6.92 Å². The zero-order valence-electron chi connectivity index (χ0n) is 17.9. The number of hydrogen-bond acceptors (Lipinski definition) is 3. The molecule has 0 aliphatic carbocycles. The number of benzene rings is 2. The number of aldehydes is 1. The summed E-state index contributed by atoms with van der Waals surface area (Å²) in [7, 11) is 0. The number of aryl methyl sites for hydroxylation is 1. The fourth-order valence-electron chi connectivity index (χ4n) is 4.22. The molecule has 0 radical (unpaired) electrons. The van der Waals surface area contributed by atoms with E-state index in [0.717, 1.165) is 17.0 Å². The van der Waals surface area contributed by atoms with E-state index in [-0.39, 0.29) is 17.5 Å². The van der Waals surface area contributed by atoms with Gasteiger partial charge in [0.15, 0.2) is 6.29 Å². The van der Waals surface area contributed by atoms with Gasteiger partial charge < -0.3 is 9.47 Å². The van der Waals surface area contributed by atoms with Gasteiger partial charge >= 0.3 is 0 Å². The van der Waals surface area contributed by atoms with Gasteiger partial charge in [-0.3, -0.25) is 9.59 Å². The summed E-state index contributed by atoms with van der Waals surface area (Å²) in [6, 6.07) is 8.22. The van der Waals surface area contributed by atoms with Crippen molar-refractivity contribution in [2.24, 2.45) is 0 Å². The average molecular weight is 491 g/mol. The number of fused-ring (bicyclic) bond motifs is 1. The molecule has 0 spiro atoms. The maximum absolute atomic E-state index is 13.8. The first kappa shape index (κ1) is 22.8. The Balaban J connectivity index is 1.93. The molecule has 0 N–H and O–H groups in total. The molecule has 5 nitrogen and oxygen atoms in total. The summed E-state index contributed by atoms with van der Waals surface area (Å²) in [5, 5.41) is 1.23. The van der Waals surface area contributed by atoms with Crippen LogP contribution in [0.2, 0.25) is 15.1 Å². The molecule has 1 atom stereocenters. The fourth-order valence-corrected chi connectivity index (χ4v) is 4.80. The largest absolute Gasteiger partial charge is 0.330 e. The molecule has 0 bridgehead atoms. The van der Waals surface area contributed by atoms with Crippen molar-refractivity contribution < 1.29 is 9.59 Å². The van der Waals surface area contributed by atoms with Crippen LogP contribution >= 0.6 is 34.8 Å². The van der Waals surface area contributed by atoms with Crippen LogP contribution in [0.5, 0.6) is 0 Å². The van der Waals surface area contributed by atoms with Gasteiger partial charge in [-0.25, -0.2) is 4.98 Å². The van der Waals surface area contributed by atoms with Crippen LogP contribution in [0.4, 0.5) is 0 Å². The molecule has 4 rings (SSSR count). The van der Waals surface area contributed by atoms with Gasteiger partial charge in [0.05, 0.1) is 33.3 Å². The molecule has 0 fully saturated rings. The molecule has 2 heterocycles. The Morgan fingerprint density at radius 3 is 2.62 bits per heavy atom. The normalized spacial score (nSPS) is 15.7. The van der Waals surface area contributed by atoms with Crippen molar-refractivity contribution in [2.75, 3.05) is 6.54 Å². The third-order valence-corrected chi connectivity index (χ3v) is 7.09. The molecule has 8 heteroatoms. The number of carbonyl (C=O) groups is 2. The second kappa shape index (κ2) is 8.89. The van der Waals surface area contributed by atoms with Crippen LogP contribution in [0.25, 0.3) is 0 Å². The van der Waals surface area contributed by atoms with E-state index in [4.69, 9.17) is 34.8 Å². The van der Waals surface area contributed by atoms with Gasteiger partial charge in [0, 0.05) is 35.2 Å². The highest BCUT2D eigenvalue weighted by Crippen LogP contribution is 2.42.